The van der Waals surface area contributed by atoms with Gasteiger partial charge in [-0.3, -0.25) is 14.6 Å². The smallest absolute Gasteiger partial charge is 0.226 e. The molecule has 1 saturated heterocycles. The van der Waals surface area contributed by atoms with Gasteiger partial charge in [0.15, 0.2) is 0 Å². The third-order valence-electron chi connectivity index (χ3n) is 5.30. The SMILES string of the molecule is C[C@@H](NC(=O)C[C@@H]1CC[C@H](NC(=O)Cc2ccccn2)[C@@H](CO)O1)c1ccccc1. The number of hydrogen-bond acceptors (Lipinski definition) is 5. The van der Waals surface area contributed by atoms with Gasteiger partial charge in [-0.2, -0.15) is 0 Å². The van der Waals surface area contributed by atoms with Crippen molar-refractivity contribution < 1.29 is 19.4 Å². The standard InChI is InChI=1S/C23H29N3O4/c1-16(17-7-3-2-4-8-17)25-23(29)14-19-10-11-20(21(15-27)30-19)26-22(28)13-18-9-5-6-12-24-18/h2-9,12,16,19-21,27H,10-11,13-15H2,1H3,(H,25,29)(H,26,28)/t16-,19+,20+,21-/m1/s1. The molecule has 0 spiro atoms. The van der Waals surface area contributed by atoms with Crippen molar-refractivity contribution in [3.8, 4) is 0 Å². The lowest BCUT2D eigenvalue weighted by Gasteiger charge is -2.36. The van der Waals surface area contributed by atoms with Crippen molar-refractivity contribution >= 4 is 11.8 Å². The summed E-state index contributed by atoms with van der Waals surface area (Å²) in [7, 11) is 0. The highest BCUT2D eigenvalue weighted by Crippen LogP contribution is 2.22. The fraction of sp³-hybridized carbons (Fsp3) is 0.435. The molecule has 3 N–H and O–H groups in total. The summed E-state index contributed by atoms with van der Waals surface area (Å²) in [6.45, 7) is 1.73. The van der Waals surface area contributed by atoms with E-state index in [4.69, 9.17) is 4.74 Å². The van der Waals surface area contributed by atoms with Crippen LogP contribution in [0.2, 0.25) is 0 Å². The average molecular weight is 412 g/mol. The van der Waals surface area contributed by atoms with Crippen molar-refractivity contribution in [3.63, 3.8) is 0 Å². The Morgan fingerprint density at radius 3 is 2.60 bits per heavy atom. The maximum Gasteiger partial charge on any atom is 0.226 e. The van der Waals surface area contributed by atoms with E-state index in [1.54, 1.807) is 18.3 Å². The molecule has 3 rings (SSSR count). The van der Waals surface area contributed by atoms with E-state index in [2.05, 4.69) is 15.6 Å². The van der Waals surface area contributed by atoms with Gasteiger partial charge in [0.2, 0.25) is 11.8 Å². The van der Waals surface area contributed by atoms with E-state index in [1.807, 2.05) is 43.3 Å². The highest BCUT2D eigenvalue weighted by Gasteiger charge is 2.33. The molecule has 0 saturated carbocycles. The predicted molar refractivity (Wildman–Crippen MR) is 112 cm³/mol. The van der Waals surface area contributed by atoms with Gasteiger partial charge in [-0.25, -0.2) is 0 Å². The lowest BCUT2D eigenvalue weighted by Crippen LogP contribution is -2.51. The molecule has 0 radical (unpaired) electrons. The van der Waals surface area contributed by atoms with Gasteiger partial charge in [-0.15, -0.1) is 0 Å². The van der Waals surface area contributed by atoms with E-state index in [9.17, 15) is 14.7 Å². The maximum absolute atomic E-state index is 12.4. The number of benzene rings is 1. The maximum atomic E-state index is 12.4. The summed E-state index contributed by atoms with van der Waals surface area (Å²) in [6.07, 6.45) is 2.52. The molecule has 2 heterocycles. The Morgan fingerprint density at radius 2 is 1.90 bits per heavy atom. The summed E-state index contributed by atoms with van der Waals surface area (Å²) < 4.78 is 5.92. The first kappa shape index (κ1) is 21.9. The molecule has 1 aromatic carbocycles. The van der Waals surface area contributed by atoms with Gasteiger partial charge in [-0.1, -0.05) is 36.4 Å². The van der Waals surface area contributed by atoms with Gasteiger partial charge in [0, 0.05) is 11.9 Å². The minimum Gasteiger partial charge on any atom is -0.394 e. The number of pyridine rings is 1. The third-order valence-corrected chi connectivity index (χ3v) is 5.30. The van der Waals surface area contributed by atoms with Crippen molar-refractivity contribution in [1.82, 2.24) is 15.6 Å². The number of nitrogens with zero attached hydrogens (tertiary/aromatic N) is 1. The number of rotatable bonds is 8. The van der Waals surface area contributed by atoms with Gasteiger partial charge in [0.05, 0.1) is 37.6 Å². The second-order valence-electron chi connectivity index (χ2n) is 7.63. The molecule has 1 fully saturated rings. The summed E-state index contributed by atoms with van der Waals surface area (Å²) in [4.78, 5) is 28.9. The zero-order valence-corrected chi connectivity index (χ0v) is 17.2. The van der Waals surface area contributed by atoms with E-state index in [0.29, 0.717) is 18.5 Å². The van der Waals surface area contributed by atoms with Crippen molar-refractivity contribution in [1.29, 1.82) is 0 Å². The molecule has 2 aromatic rings. The van der Waals surface area contributed by atoms with E-state index in [0.717, 1.165) is 5.56 Å². The quantitative estimate of drug-likeness (QED) is 0.616. The monoisotopic (exact) mass is 411 g/mol. The first-order chi connectivity index (χ1) is 14.5. The topological polar surface area (TPSA) is 101 Å². The summed E-state index contributed by atoms with van der Waals surface area (Å²) in [5.41, 5.74) is 1.73. The fourth-order valence-electron chi connectivity index (χ4n) is 3.70. The van der Waals surface area contributed by atoms with Crippen LogP contribution in [0.15, 0.2) is 54.7 Å². The molecule has 0 bridgehead atoms. The van der Waals surface area contributed by atoms with Crippen molar-refractivity contribution in [2.24, 2.45) is 0 Å². The zero-order valence-electron chi connectivity index (χ0n) is 17.2. The van der Waals surface area contributed by atoms with Crippen molar-refractivity contribution in [3.05, 3.63) is 66.0 Å². The molecular formula is C23H29N3O4. The van der Waals surface area contributed by atoms with Gasteiger partial charge >= 0.3 is 0 Å². The number of carbonyl (C=O) groups excluding carboxylic acids is 2. The number of aliphatic hydroxyl groups is 1. The first-order valence-electron chi connectivity index (χ1n) is 10.3. The summed E-state index contributed by atoms with van der Waals surface area (Å²) >= 11 is 0. The number of nitrogens with one attached hydrogen (secondary N) is 2. The van der Waals surface area contributed by atoms with E-state index >= 15 is 0 Å². The second kappa shape index (κ2) is 10.8. The number of amides is 2. The predicted octanol–water partition coefficient (Wildman–Crippen LogP) is 1.92. The molecule has 160 valence electrons. The average Bonchev–Trinajstić information content (AvgIpc) is 2.76. The number of aromatic nitrogens is 1. The Kier molecular flexibility index (Phi) is 7.93. The number of carbonyl (C=O) groups is 2. The van der Waals surface area contributed by atoms with Crippen LogP contribution in [-0.4, -0.2) is 46.8 Å². The van der Waals surface area contributed by atoms with Crippen LogP contribution >= 0.6 is 0 Å². The van der Waals surface area contributed by atoms with Crippen LogP contribution in [-0.2, 0) is 20.7 Å². The summed E-state index contributed by atoms with van der Waals surface area (Å²) in [6, 6.07) is 14.8. The molecule has 7 nitrogen and oxygen atoms in total. The second-order valence-corrected chi connectivity index (χ2v) is 7.63. The Balaban J connectivity index is 1.46. The van der Waals surface area contributed by atoms with Crippen LogP contribution in [0.3, 0.4) is 0 Å². The third kappa shape index (κ3) is 6.37. The van der Waals surface area contributed by atoms with Crippen molar-refractivity contribution in [2.75, 3.05) is 6.61 Å². The first-order valence-corrected chi connectivity index (χ1v) is 10.3. The Bertz CT molecular complexity index is 816. The molecule has 4 atom stereocenters. The van der Waals surface area contributed by atoms with Crippen LogP contribution in [0.25, 0.3) is 0 Å². The van der Waals surface area contributed by atoms with Crippen molar-refractivity contribution in [2.45, 2.75) is 56.9 Å². The highest BCUT2D eigenvalue weighted by molar-refractivity contribution is 5.78. The lowest BCUT2D eigenvalue weighted by molar-refractivity contribution is -0.136. The van der Waals surface area contributed by atoms with Crippen LogP contribution in [0.4, 0.5) is 0 Å². The summed E-state index contributed by atoms with van der Waals surface area (Å²) in [5, 5.41) is 15.6. The molecule has 0 unspecified atom stereocenters. The van der Waals surface area contributed by atoms with Gasteiger partial charge in [0.1, 0.15) is 6.10 Å². The molecule has 1 aliphatic heterocycles. The molecule has 1 aromatic heterocycles. The minimum absolute atomic E-state index is 0.0884. The molecule has 1 aliphatic rings. The van der Waals surface area contributed by atoms with E-state index in [1.165, 1.54) is 0 Å². The molecule has 7 heteroatoms. The Morgan fingerprint density at radius 1 is 1.13 bits per heavy atom. The minimum atomic E-state index is -0.532. The van der Waals surface area contributed by atoms with Crippen LogP contribution in [0, 0.1) is 0 Å². The molecule has 0 aliphatic carbocycles. The molecule has 2 amide bonds. The Labute approximate surface area is 176 Å². The number of ether oxygens (including phenoxy) is 1. The summed E-state index contributed by atoms with van der Waals surface area (Å²) in [5.74, 6) is -0.251. The molecule has 30 heavy (non-hydrogen) atoms. The van der Waals surface area contributed by atoms with Gasteiger partial charge in [-0.05, 0) is 37.5 Å². The Hall–Kier alpha value is -2.77. The normalized spacial score (nSPS) is 22.1. The van der Waals surface area contributed by atoms with Crippen LogP contribution < -0.4 is 10.6 Å². The van der Waals surface area contributed by atoms with E-state index < -0.39 is 6.10 Å². The van der Waals surface area contributed by atoms with Crippen LogP contribution in [0.1, 0.15) is 43.5 Å². The number of hydrogen-bond donors (Lipinski definition) is 3. The molecular weight excluding hydrogens is 382 g/mol. The van der Waals surface area contributed by atoms with Gasteiger partial charge in [0.25, 0.3) is 0 Å². The zero-order chi connectivity index (χ0) is 21.3. The fourth-order valence-corrected chi connectivity index (χ4v) is 3.70. The lowest BCUT2D eigenvalue weighted by atomic mass is 9.96. The largest absolute Gasteiger partial charge is 0.394 e. The van der Waals surface area contributed by atoms with Gasteiger partial charge < -0.3 is 20.5 Å². The number of aliphatic hydroxyl groups excluding tert-OH is 1. The van der Waals surface area contributed by atoms with Crippen LogP contribution in [0.5, 0.6) is 0 Å². The highest BCUT2D eigenvalue weighted by atomic mass is 16.5. The van der Waals surface area contributed by atoms with E-state index in [-0.39, 0.29) is 49.5 Å².